The van der Waals surface area contributed by atoms with Crippen molar-refractivity contribution in [3.8, 4) is 78.6 Å². The minimum atomic E-state index is -4.14. The van der Waals surface area contributed by atoms with E-state index in [-0.39, 0.29) is 23.2 Å². The molecule has 0 saturated carbocycles. The molecule has 9 aromatic rings. The number of rotatable bonds is 9. The molecule has 0 amide bonds. The largest absolute Gasteiger partial charge is 0.507 e. The first-order chi connectivity index (χ1) is 40.7. The molecule has 0 bridgehead atoms. The Bertz CT molecular complexity index is 3950. The number of pyridine rings is 1. The lowest BCUT2D eigenvalue weighted by Crippen LogP contribution is -2.17. The molecule has 2 heterocycles. The minimum Gasteiger partial charge on any atom is -0.507 e. The molecule has 1 N–H and O–H groups in total. The van der Waals surface area contributed by atoms with Crippen LogP contribution in [0.3, 0.4) is 0 Å². The van der Waals surface area contributed by atoms with Gasteiger partial charge < -0.3 is 5.11 Å². The third kappa shape index (κ3) is 9.37. The minimum absolute atomic E-state index is 0.208. The van der Waals surface area contributed by atoms with E-state index in [4.69, 9.17) is 34.6 Å². The summed E-state index contributed by atoms with van der Waals surface area (Å²) in [5.74, 6) is -2.35. The zero-order chi connectivity index (χ0) is 64.9. The number of hydrogen-bond acceptors (Lipinski definition) is 3. The molecule has 0 radical (unpaired) electrons. The van der Waals surface area contributed by atoms with E-state index in [1.807, 2.05) is 131 Å². The second kappa shape index (κ2) is 18.4. The topological polar surface area (TPSA) is 50.9 Å². The number of fused-ring (bicyclic) bond motifs is 1. The van der Waals surface area contributed by atoms with Crippen molar-refractivity contribution in [3.63, 3.8) is 0 Å². The fourth-order valence-electron chi connectivity index (χ4n) is 9.28. The van der Waals surface area contributed by atoms with Crippen LogP contribution in [0.4, 0.5) is 0 Å². The van der Waals surface area contributed by atoms with Gasteiger partial charge in [-0.3, -0.25) is 9.55 Å². The summed E-state index contributed by atoms with van der Waals surface area (Å²) in [7, 11) is 0. The van der Waals surface area contributed by atoms with Crippen molar-refractivity contribution in [2.24, 2.45) is 0 Å². The van der Waals surface area contributed by atoms with Gasteiger partial charge in [-0.1, -0.05) is 199 Å². The highest BCUT2D eigenvalue weighted by Gasteiger charge is 2.31. The van der Waals surface area contributed by atoms with Gasteiger partial charge in [0.25, 0.3) is 0 Å². The van der Waals surface area contributed by atoms with Crippen LogP contribution in [0, 0.1) is 0 Å². The maximum Gasteiger partial charge on any atom is 0.149 e. The van der Waals surface area contributed by atoms with E-state index in [0.717, 1.165) is 50.6 Å². The molecule has 354 valence electrons. The molecule has 2 aromatic heterocycles. The third-order valence-electron chi connectivity index (χ3n) is 13.1. The van der Waals surface area contributed by atoms with Crippen LogP contribution in [0.5, 0.6) is 5.75 Å². The highest BCUT2D eigenvalue weighted by Crippen LogP contribution is 2.47. The second-order valence-electron chi connectivity index (χ2n) is 20.0. The van der Waals surface area contributed by atoms with Crippen molar-refractivity contribution >= 4 is 11.0 Å². The molecule has 0 aliphatic rings. The number of para-hydroxylation sites is 1. The summed E-state index contributed by atoms with van der Waals surface area (Å²) < 4.78 is 161. The lowest BCUT2D eigenvalue weighted by Gasteiger charge is -2.28. The van der Waals surface area contributed by atoms with Gasteiger partial charge in [-0.2, -0.15) is 0 Å². The first kappa shape index (κ1) is 30.5. The Morgan fingerprint density at radius 2 is 1.04 bits per heavy atom. The molecule has 0 saturated heterocycles. The summed E-state index contributed by atoms with van der Waals surface area (Å²) in [6.07, 6.45) is 1.74. The molecular weight excluding hydrogens is 851 g/mol. The average molecular weight is 938 g/mol. The van der Waals surface area contributed by atoms with Gasteiger partial charge in [0, 0.05) is 47.6 Å². The van der Waals surface area contributed by atoms with Crippen molar-refractivity contribution in [1.82, 2.24) is 14.5 Å². The van der Waals surface area contributed by atoms with Gasteiger partial charge in [0.2, 0.25) is 0 Å². The fourth-order valence-corrected chi connectivity index (χ4v) is 9.28. The maximum absolute atomic E-state index is 13.2. The van der Waals surface area contributed by atoms with Crippen LogP contribution >= 0.6 is 0 Å². The monoisotopic (exact) mass is 938 g/mol. The zero-order valence-electron chi connectivity index (χ0n) is 58.5. The van der Waals surface area contributed by atoms with Gasteiger partial charge in [-0.05, 0) is 138 Å². The molecule has 70 heavy (non-hydrogen) atoms. The SMILES string of the molecule is [2H]C([2H])([2H])C(c1cc(-c2nc3c(-c4cc(-c5cc(-c6ccc(-c7ccccc7)cc6)ccn5)cc(C(C)(C)C)c4)cccc3n2-c2c(C(C)C)cc(-c3ccccc3)cc2C(C)C)c(O)c(C(C([2H])([2H])[2H])(C([2H])([2H])[2H])C([2H])([2H])[2H])c1)(C([2H])([2H])[2H])C([2H])([2H])[2H]. The molecule has 4 heteroatoms. The Balaban J connectivity index is 1.46. The molecule has 0 unspecified atom stereocenters. The normalized spacial score (nSPS) is 17.3. The van der Waals surface area contributed by atoms with Gasteiger partial charge in [0.1, 0.15) is 11.6 Å². The number of imidazole rings is 1. The molecule has 0 atom stereocenters. The van der Waals surface area contributed by atoms with E-state index in [1.54, 1.807) is 22.9 Å². The molecule has 9 rings (SSSR count). The summed E-state index contributed by atoms with van der Waals surface area (Å²) in [6, 6.07) is 48.2. The van der Waals surface area contributed by atoms with Gasteiger partial charge in [-0.15, -0.1) is 0 Å². The highest BCUT2D eigenvalue weighted by atomic mass is 16.3. The van der Waals surface area contributed by atoms with Gasteiger partial charge in [0.05, 0.1) is 28.0 Å². The Morgan fingerprint density at radius 3 is 1.63 bits per heavy atom. The van der Waals surface area contributed by atoms with E-state index < -0.39 is 79.8 Å². The summed E-state index contributed by atoms with van der Waals surface area (Å²) in [5, 5.41) is 13.2. The summed E-state index contributed by atoms with van der Waals surface area (Å²) >= 11 is 0. The molecule has 0 aliphatic heterocycles. The quantitative estimate of drug-likeness (QED) is 0.157. The predicted molar refractivity (Wildman–Crippen MR) is 297 cm³/mol. The number of hydrogen-bond donors (Lipinski definition) is 1. The molecule has 0 fully saturated rings. The average Bonchev–Trinajstić information content (AvgIpc) is 0.907. The summed E-state index contributed by atoms with van der Waals surface area (Å²) in [4.78, 5) is 10.2. The highest BCUT2D eigenvalue weighted by molar-refractivity contribution is 5.97. The Morgan fingerprint density at radius 1 is 0.486 bits per heavy atom. The Kier molecular flexibility index (Phi) is 8.01. The molecule has 4 nitrogen and oxygen atoms in total. The number of aromatic hydroxyl groups is 1. The van der Waals surface area contributed by atoms with Crippen molar-refractivity contribution in [1.29, 1.82) is 0 Å². The van der Waals surface area contributed by atoms with Gasteiger partial charge in [0.15, 0.2) is 0 Å². The molecule has 7 aromatic carbocycles. The second-order valence-corrected chi connectivity index (χ2v) is 20.0. The van der Waals surface area contributed by atoms with Crippen LogP contribution in [-0.4, -0.2) is 19.6 Å². The molecule has 0 aliphatic carbocycles. The number of benzene rings is 7. The van der Waals surface area contributed by atoms with Crippen molar-refractivity contribution in [2.45, 2.75) is 118 Å². The Hall–Kier alpha value is -7.04. The number of phenolic OH excluding ortho intramolecular Hbond substituents is 1. The van der Waals surface area contributed by atoms with E-state index in [0.29, 0.717) is 45.2 Å². The van der Waals surface area contributed by atoms with E-state index in [2.05, 4.69) is 51.1 Å². The standard InChI is InChI=1S/C66H69N3O/c1-41(2)54-36-48(44-23-18-15-19-24-44)37-55(42(3)4)61(54)69-59-26-20-25-53(60(59)68-63(69)56-39-52(65(8,9)10)40-57(62(56)70)66(11,12)13)49-33-50(35-51(34-49)64(5,6)7)58-38-47(31-32-67-58)46-29-27-45(28-30-46)43-21-16-14-17-22-43/h14-42,70H,1-13H3/i8D3,9D3,10D3,11D3,12D3,13D3. The number of aromatic nitrogens is 3. The Labute approximate surface area is 442 Å². The van der Waals surface area contributed by atoms with Crippen LogP contribution in [0.15, 0.2) is 164 Å². The van der Waals surface area contributed by atoms with Crippen molar-refractivity contribution in [2.75, 3.05) is 0 Å². The van der Waals surface area contributed by atoms with E-state index >= 15 is 0 Å². The number of phenols is 1. The number of nitrogens with zero attached hydrogens (tertiary/aromatic N) is 3. The van der Waals surface area contributed by atoms with Crippen LogP contribution in [0.2, 0.25) is 0 Å². The summed E-state index contributed by atoms with van der Waals surface area (Å²) in [5.41, 5.74) is -0.666. The van der Waals surface area contributed by atoms with E-state index in [9.17, 15) is 5.11 Å². The third-order valence-corrected chi connectivity index (χ3v) is 13.1. The zero-order valence-corrected chi connectivity index (χ0v) is 40.5. The van der Waals surface area contributed by atoms with Crippen LogP contribution in [0.25, 0.3) is 83.9 Å². The summed E-state index contributed by atoms with van der Waals surface area (Å²) in [6.45, 7) is -10.6. The lowest BCUT2D eigenvalue weighted by atomic mass is 9.78. The van der Waals surface area contributed by atoms with Crippen LogP contribution < -0.4 is 0 Å². The predicted octanol–water partition coefficient (Wildman–Crippen LogP) is 18.3. The maximum atomic E-state index is 13.2. The fraction of sp³-hybridized carbons (Fsp3) is 0.273. The van der Waals surface area contributed by atoms with Gasteiger partial charge >= 0.3 is 0 Å². The van der Waals surface area contributed by atoms with Gasteiger partial charge in [-0.25, -0.2) is 4.98 Å². The van der Waals surface area contributed by atoms with E-state index in [1.165, 1.54) is 0 Å². The first-order valence-corrected chi connectivity index (χ1v) is 23.6. The van der Waals surface area contributed by atoms with Crippen molar-refractivity contribution in [3.05, 3.63) is 192 Å². The van der Waals surface area contributed by atoms with Crippen LogP contribution in [-0.2, 0) is 16.2 Å². The van der Waals surface area contributed by atoms with Crippen molar-refractivity contribution < 1.29 is 29.8 Å². The lowest BCUT2D eigenvalue weighted by molar-refractivity contribution is 0.446. The smallest absolute Gasteiger partial charge is 0.149 e. The molecule has 0 spiro atoms. The van der Waals surface area contributed by atoms with Crippen LogP contribution in [0.1, 0.15) is 154 Å². The molecular formula is C66H69N3O. The first-order valence-electron chi connectivity index (χ1n) is 32.6.